The van der Waals surface area contributed by atoms with Crippen molar-refractivity contribution in [1.82, 2.24) is 14.9 Å². The Bertz CT molecular complexity index is 606. The van der Waals surface area contributed by atoms with Gasteiger partial charge in [0.2, 0.25) is 0 Å². The maximum absolute atomic E-state index is 11.8. The van der Waals surface area contributed by atoms with Crippen molar-refractivity contribution in [3.05, 3.63) is 42.1 Å². The van der Waals surface area contributed by atoms with Crippen LogP contribution in [0.25, 0.3) is 0 Å². The Balaban J connectivity index is 1.89. The third-order valence-corrected chi connectivity index (χ3v) is 4.02. The molecule has 2 rings (SSSR count). The van der Waals surface area contributed by atoms with Crippen LogP contribution in [0.2, 0.25) is 0 Å². The second kappa shape index (κ2) is 5.85. The first-order chi connectivity index (χ1) is 9.12. The summed E-state index contributed by atoms with van der Waals surface area (Å²) in [6, 6.07) is 8.92. The van der Waals surface area contributed by atoms with Crippen molar-refractivity contribution in [1.29, 1.82) is 0 Å². The number of nitrogens with zero attached hydrogens (tertiary/aromatic N) is 1. The fourth-order valence-electron chi connectivity index (χ4n) is 1.59. The van der Waals surface area contributed by atoms with Gasteiger partial charge in [-0.2, -0.15) is 5.10 Å². The number of aromatic amines is 1. The molecule has 0 saturated carbocycles. The van der Waals surface area contributed by atoms with E-state index in [2.05, 4.69) is 14.9 Å². The molecule has 0 spiro atoms. The van der Waals surface area contributed by atoms with Crippen LogP contribution in [0.4, 0.5) is 0 Å². The van der Waals surface area contributed by atoms with Crippen molar-refractivity contribution in [2.75, 3.05) is 13.7 Å². The van der Waals surface area contributed by atoms with Gasteiger partial charge in [-0.3, -0.25) is 5.10 Å². The first kappa shape index (κ1) is 13.6. The van der Waals surface area contributed by atoms with Crippen LogP contribution in [0.1, 0.15) is 5.56 Å². The molecule has 7 heteroatoms. The van der Waals surface area contributed by atoms with E-state index in [1.54, 1.807) is 7.11 Å². The molecule has 1 aromatic heterocycles. The minimum absolute atomic E-state index is 0.0715. The molecule has 0 amide bonds. The van der Waals surface area contributed by atoms with Crippen LogP contribution in [0.15, 0.2) is 41.6 Å². The topological polar surface area (TPSA) is 84.1 Å². The number of aromatic nitrogens is 2. The summed E-state index contributed by atoms with van der Waals surface area (Å²) >= 11 is 0. The molecule has 0 aliphatic heterocycles. The number of hydrogen-bond donors (Lipinski definition) is 2. The van der Waals surface area contributed by atoms with Crippen molar-refractivity contribution in [2.24, 2.45) is 0 Å². The molecule has 2 aromatic rings. The summed E-state index contributed by atoms with van der Waals surface area (Å²) < 4.78 is 31.1. The average Bonchev–Trinajstić information content (AvgIpc) is 2.94. The van der Waals surface area contributed by atoms with Crippen LogP contribution in [0.5, 0.6) is 5.75 Å². The van der Waals surface area contributed by atoms with Crippen molar-refractivity contribution in [3.63, 3.8) is 0 Å². The number of benzene rings is 1. The molecule has 0 aliphatic rings. The van der Waals surface area contributed by atoms with Crippen LogP contribution in [0, 0.1) is 0 Å². The summed E-state index contributed by atoms with van der Waals surface area (Å²) in [7, 11) is -1.89. The minimum atomic E-state index is -3.49. The lowest BCUT2D eigenvalue weighted by molar-refractivity contribution is 0.414. The highest BCUT2D eigenvalue weighted by Crippen LogP contribution is 2.11. The molecule has 0 fully saturated rings. The van der Waals surface area contributed by atoms with E-state index in [1.165, 1.54) is 12.3 Å². The molecule has 0 saturated heterocycles. The van der Waals surface area contributed by atoms with E-state index in [9.17, 15) is 8.42 Å². The fraction of sp³-hybridized carbons (Fsp3) is 0.250. The molecule has 102 valence electrons. The molecule has 0 radical (unpaired) electrons. The summed E-state index contributed by atoms with van der Waals surface area (Å²) in [5.41, 5.74) is 1.04. The molecule has 2 N–H and O–H groups in total. The van der Waals surface area contributed by atoms with Crippen LogP contribution in [-0.2, 0) is 16.4 Å². The zero-order valence-electron chi connectivity index (χ0n) is 10.5. The number of methoxy groups -OCH3 is 1. The Hall–Kier alpha value is -1.86. The lowest BCUT2D eigenvalue weighted by atomic mass is 10.1. The number of hydrogen-bond acceptors (Lipinski definition) is 4. The van der Waals surface area contributed by atoms with Gasteiger partial charge in [0.05, 0.1) is 13.3 Å². The maximum atomic E-state index is 11.8. The zero-order chi connectivity index (χ0) is 13.7. The number of H-pyrrole nitrogens is 1. The molecule has 6 nitrogen and oxygen atoms in total. The monoisotopic (exact) mass is 281 g/mol. The van der Waals surface area contributed by atoms with Gasteiger partial charge in [-0.1, -0.05) is 12.1 Å². The van der Waals surface area contributed by atoms with Gasteiger partial charge in [0.25, 0.3) is 10.0 Å². The normalized spacial score (nSPS) is 11.4. The predicted octanol–water partition coefficient (Wildman–Crippen LogP) is 0.939. The highest BCUT2D eigenvalue weighted by atomic mass is 32.2. The van der Waals surface area contributed by atoms with Gasteiger partial charge in [0, 0.05) is 6.54 Å². The summed E-state index contributed by atoms with van der Waals surface area (Å²) in [6.07, 6.45) is 2.01. The zero-order valence-corrected chi connectivity index (χ0v) is 11.3. The summed E-state index contributed by atoms with van der Waals surface area (Å²) in [5.74, 6) is 0.779. The third kappa shape index (κ3) is 3.55. The average molecular weight is 281 g/mol. The quantitative estimate of drug-likeness (QED) is 0.825. The standard InChI is InChI=1S/C12H15N3O3S/c1-18-11-4-2-10(3-5-11)6-9-14-19(16,17)12-7-8-13-15-12/h2-5,7-8,14H,6,9H2,1H3,(H,13,15). The van der Waals surface area contributed by atoms with Crippen molar-refractivity contribution in [3.8, 4) is 5.75 Å². The second-order valence-electron chi connectivity index (χ2n) is 3.92. The molecule has 0 unspecified atom stereocenters. The van der Waals surface area contributed by atoms with Gasteiger partial charge >= 0.3 is 0 Å². The van der Waals surface area contributed by atoms with Gasteiger partial charge < -0.3 is 4.74 Å². The Morgan fingerprint density at radius 2 is 2.00 bits per heavy atom. The Kier molecular flexibility index (Phi) is 4.18. The second-order valence-corrected chi connectivity index (χ2v) is 5.65. The molecular formula is C12H15N3O3S. The van der Waals surface area contributed by atoms with Crippen LogP contribution < -0.4 is 9.46 Å². The number of nitrogens with one attached hydrogen (secondary N) is 2. The van der Waals surface area contributed by atoms with E-state index >= 15 is 0 Å². The number of rotatable bonds is 6. The summed E-state index contributed by atoms with van der Waals surface area (Å²) in [5, 5.41) is 6.11. The minimum Gasteiger partial charge on any atom is -0.497 e. The van der Waals surface area contributed by atoms with E-state index < -0.39 is 10.0 Å². The van der Waals surface area contributed by atoms with Crippen molar-refractivity contribution >= 4 is 10.0 Å². The highest BCUT2D eigenvalue weighted by molar-refractivity contribution is 7.89. The molecule has 0 aliphatic carbocycles. The SMILES string of the molecule is COc1ccc(CCNS(=O)(=O)c2ccn[nH]2)cc1. The van der Waals surface area contributed by atoms with Gasteiger partial charge in [-0.25, -0.2) is 13.1 Å². The Morgan fingerprint density at radius 3 is 2.58 bits per heavy atom. The van der Waals surface area contributed by atoms with Gasteiger partial charge in [0.15, 0.2) is 5.03 Å². The van der Waals surface area contributed by atoms with E-state index in [1.807, 2.05) is 24.3 Å². The molecule has 1 heterocycles. The maximum Gasteiger partial charge on any atom is 0.257 e. The van der Waals surface area contributed by atoms with Crippen LogP contribution >= 0.6 is 0 Å². The molecular weight excluding hydrogens is 266 g/mol. The fourth-order valence-corrected chi connectivity index (χ4v) is 2.53. The third-order valence-electron chi connectivity index (χ3n) is 2.63. The highest BCUT2D eigenvalue weighted by Gasteiger charge is 2.14. The lowest BCUT2D eigenvalue weighted by Crippen LogP contribution is -2.26. The van der Waals surface area contributed by atoms with E-state index in [-0.39, 0.29) is 5.03 Å². The lowest BCUT2D eigenvalue weighted by Gasteiger charge is -2.05. The first-order valence-corrected chi connectivity index (χ1v) is 7.22. The molecule has 19 heavy (non-hydrogen) atoms. The van der Waals surface area contributed by atoms with E-state index in [0.29, 0.717) is 13.0 Å². The van der Waals surface area contributed by atoms with Crippen LogP contribution in [-0.4, -0.2) is 32.3 Å². The van der Waals surface area contributed by atoms with Crippen molar-refractivity contribution in [2.45, 2.75) is 11.4 Å². The van der Waals surface area contributed by atoms with E-state index in [4.69, 9.17) is 4.74 Å². The molecule has 1 aromatic carbocycles. The smallest absolute Gasteiger partial charge is 0.257 e. The van der Waals surface area contributed by atoms with Crippen LogP contribution in [0.3, 0.4) is 0 Å². The number of ether oxygens (including phenoxy) is 1. The Labute approximate surface area is 111 Å². The molecule has 0 bridgehead atoms. The largest absolute Gasteiger partial charge is 0.497 e. The molecule has 0 atom stereocenters. The summed E-state index contributed by atoms with van der Waals surface area (Å²) in [4.78, 5) is 0. The van der Waals surface area contributed by atoms with Gasteiger partial charge in [-0.05, 0) is 30.2 Å². The summed E-state index contributed by atoms with van der Waals surface area (Å²) in [6.45, 7) is 0.327. The first-order valence-electron chi connectivity index (χ1n) is 5.74. The predicted molar refractivity (Wildman–Crippen MR) is 70.5 cm³/mol. The van der Waals surface area contributed by atoms with Gasteiger partial charge in [-0.15, -0.1) is 0 Å². The number of sulfonamides is 1. The van der Waals surface area contributed by atoms with Crippen molar-refractivity contribution < 1.29 is 13.2 Å². The van der Waals surface area contributed by atoms with Gasteiger partial charge in [0.1, 0.15) is 5.75 Å². The van der Waals surface area contributed by atoms with E-state index in [0.717, 1.165) is 11.3 Å². The Morgan fingerprint density at radius 1 is 1.26 bits per heavy atom.